The van der Waals surface area contributed by atoms with Crippen molar-refractivity contribution in [3.63, 3.8) is 0 Å². The SMILES string of the molecule is CCC(CNC(=O)C1Cc2ccccc2N1)CC(=O)O. The Balaban J connectivity index is 1.83. The standard InChI is InChI=1S/C15H20N2O3/c1-2-10(7-14(18)19)9-16-15(20)13-8-11-5-3-4-6-12(11)17-13/h3-6,10,13,17H,2,7-9H2,1H3,(H,16,20)(H,18,19). The number of hydrogen-bond donors (Lipinski definition) is 3. The molecule has 0 radical (unpaired) electrons. The summed E-state index contributed by atoms with van der Waals surface area (Å²) in [6.07, 6.45) is 1.51. The van der Waals surface area contributed by atoms with Crippen LogP contribution in [0.25, 0.3) is 0 Å². The minimum absolute atomic E-state index is 0.0137. The van der Waals surface area contributed by atoms with Gasteiger partial charge in [-0.1, -0.05) is 31.5 Å². The Kier molecular flexibility index (Phi) is 4.61. The van der Waals surface area contributed by atoms with Crippen molar-refractivity contribution in [3.05, 3.63) is 29.8 Å². The van der Waals surface area contributed by atoms with Crippen LogP contribution in [0.2, 0.25) is 0 Å². The molecule has 5 heteroatoms. The second kappa shape index (κ2) is 6.41. The molecule has 1 aliphatic heterocycles. The third-order valence-electron chi connectivity index (χ3n) is 3.69. The molecule has 0 aromatic heterocycles. The van der Waals surface area contributed by atoms with Gasteiger partial charge in [0.25, 0.3) is 0 Å². The number of carbonyl (C=O) groups is 2. The summed E-state index contributed by atoms with van der Waals surface area (Å²) >= 11 is 0. The van der Waals surface area contributed by atoms with Crippen molar-refractivity contribution in [1.82, 2.24) is 5.32 Å². The summed E-state index contributed by atoms with van der Waals surface area (Å²) in [7, 11) is 0. The lowest BCUT2D eigenvalue weighted by Crippen LogP contribution is -2.40. The summed E-state index contributed by atoms with van der Waals surface area (Å²) in [5, 5.41) is 14.8. The average Bonchev–Trinajstić information content (AvgIpc) is 2.86. The normalized spacial score (nSPS) is 17.9. The number of fused-ring (bicyclic) bond motifs is 1. The third kappa shape index (κ3) is 3.50. The Morgan fingerprint density at radius 2 is 2.20 bits per heavy atom. The molecule has 20 heavy (non-hydrogen) atoms. The van der Waals surface area contributed by atoms with Crippen molar-refractivity contribution in [3.8, 4) is 0 Å². The van der Waals surface area contributed by atoms with E-state index < -0.39 is 5.97 Å². The van der Waals surface area contributed by atoms with Gasteiger partial charge in [0.05, 0.1) is 0 Å². The number of carbonyl (C=O) groups excluding carboxylic acids is 1. The second-order valence-electron chi connectivity index (χ2n) is 5.18. The number of rotatable bonds is 6. The lowest BCUT2D eigenvalue weighted by molar-refractivity contribution is -0.138. The van der Waals surface area contributed by atoms with Gasteiger partial charge in [0.1, 0.15) is 6.04 Å². The van der Waals surface area contributed by atoms with Crippen molar-refractivity contribution in [2.24, 2.45) is 5.92 Å². The Labute approximate surface area is 118 Å². The summed E-state index contributed by atoms with van der Waals surface area (Å²) in [5.41, 5.74) is 2.15. The lowest BCUT2D eigenvalue weighted by atomic mass is 10.0. The van der Waals surface area contributed by atoms with Crippen LogP contribution in [-0.4, -0.2) is 29.6 Å². The van der Waals surface area contributed by atoms with E-state index in [1.54, 1.807) is 0 Å². The van der Waals surface area contributed by atoms with E-state index in [9.17, 15) is 9.59 Å². The highest BCUT2D eigenvalue weighted by Gasteiger charge is 2.26. The maximum atomic E-state index is 12.1. The molecule has 0 saturated carbocycles. The fourth-order valence-corrected chi connectivity index (χ4v) is 2.43. The number of carboxylic acid groups (broad SMARTS) is 1. The summed E-state index contributed by atoms with van der Waals surface area (Å²) < 4.78 is 0. The average molecular weight is 276 g/mol. The molecule has 1 aromatic carbocycles. The summed E-state index contributed by atoms with van der Waals surface area (Å²) in [6, 6.07) is 7.61. The van der Waals surface area contributed by atoms with Gasteiger partial charge in [-0.3, -0.25) is 9.59 Å². The van der Waals surface area contributed by atoms with Crippen LogP contribution in [0.4, 0.5) is 5.69 Å². The molecule has 0 spiro atoms. The Hall–Kier alpha value is -2.04. The molecular weight excluding hydrogens is 256 g/mol. The van der Waals surface area contributed by atoms with Crippen LogP contribution in [0, 0.1) is 5.92 Å². The lowest BCUT2D eigenvalue weighted by Gasteiger charge is -2.16. The Morgan fingerprint density at radius 3 is 2.85 bits per heavy atom. The first-order chi connectivity index (χ1) is 9.60. The Morgan fingerprint density at radius 1 is 1.45 bits per heavy atom. The molecule has 2 atom stereocenters. The zero-order valence-electron chi connectivity index (χ0n) is 11.6. The van der Waals surface area contributed by atoms with Crippen LogP contribution < -0.4 is 10.6 Å². The molecule has 0 fully saturated rings. The van der Waals surface area contributed by atoms with Gasteiger partial charge >= 0.3 is 5.97 Å². The van der Waals surface area contributed by atoms with Gasteiger partial charge in [0.15, 0.2) is 0 Å². The zero-order chi connectivity index (χ0) is 14.5. The quantitative estimate of drug-likeness (QED) is 0.738. The van der Waals surface area contributed by atoms with E-state index in [2.05, 4.69) is 10.6 Å². The van der Waals surface area contributed by atoms with Crippen LogP contribution in [-0.2, 0) is 16.0 Å². The van der Waals surface area contributed by atoms with Crippen molar-refractivity contribution in [2.45, 2.75) is 32.2 Å². The predicted molar refractivity (Wildman–Crippen MR) is 76.6 cm³/mol. The largest absolute Gasteiger partial charge is 0.481 e. The first kappa shape index (κ1) is 14.4. The zero-order valence-corrected chi connectivity index (χ0v) is 11.6. The maximum Gasteiger partial charge on any atom is 0.303 e. The summed E-state index contributed by atoms with van der Waals surface area (Å²) in [6.45, 7) is 2.35. The van der Waals surface area contributed by atoms with E-state index >= 15 is 0 Å². The molecule has 0 saturated heterocycles. The predicted octanol–water partition coefficient (Wildman–Crippen LogP) is 1.64. The van der Waals surface area contributed by atoms with Gasteiger partial charge in [-0.05, 0) is 17.5 Å². The minimum atomic E-state index is -0.822. The molecule has 0 bridgehead atoms. The molecule has 1 aliphatic rings. The van der Waals surface area contributed by atoms with Crippen LogP contribution >= 0.6 is 0 Å². The Bertz CT molecular complexity index is 477. The molecule has 1 amide bonds. The fourth-order valence-electron chi connectivity index (χ4n) is 2.43. The minimum Gasteiger partial charge on any atom is -0.481 e. The molecule has 2 unspecified atom stereocenters. The van der Waals surface area contributed by atoms with Crippen LogP contribution in [0.5, 0.6) is 0 Å². The van der Waals surface area contributed by atoms with Gasteiger partial charge in [0, 0.05) is 25.1 Å². The topological polar surface area (TPSA) is 78.4 Å². The van der Waals surface area contributed by atoms with Gasteiger partial charge in [-0.15, -0.1) is 0 Å². The highest BCUT2D eigenvalue weighted by molar-refractivity contribution is 5.87. The molecule has 0 aliphatic carbocycles. The summed E-state index contributed by atoms with van der Waals surface area (Å²) in [4.78, 5) is 22.8. The maximum absolute atomic E-state index is 12.1. The van der Waals surface area contributed by atoms with Gasteiger partial charge in [-0.25, -0.2) is 0 Å². The van der Waals surface area contributed by atoms with E-state index in [-0.39, 0.29) is 24.3 Å². The van der Waals surface area contributed by atoms with E-state index in [1.807, 2.05) is 31.2 Å². The van der Waals surface area contributed by atoms with Crippen LogP contribution in [0.15, 0.2) is 24.3 Å². The summed E-state index contributed by atoms with van der Waals surface area (Å²) in [5.74, 6) is -0.900. The highest BCUT2D eigenvalue weighted by Crippen LogP contribution is 2.25. The number of nitrogens with one attached hydrogen (secondary N) is 2. The molecule has 5 nitrogen and oxygen atoms in total. The van der Waals surface area contributed by atoms with Crippen LogP contribution in [0.1, 0.15) is 25.3 Å². The first-order valence-electron chi connectivity index (χ1n) is 6.94. The number of para-hydroxylation sites is 1. The number of anilines is 1. The molecule has 108 valence electrons. The van der Waals surface area contributed by atoms with E-state index in [0.29, 0.717) is 13.0 Å². The van der Waals surface area contributed by atoms with Crippen molar-refractivity contribution in [2.75, 3.05) is 11.9 Å². The second-order valence-corrected chi connectivity index (χ2v) is 5.18. The first-order valence-corrected chi connectivity index (χ1v) is 6.94. The number of aliphatic carboxylic acids is 1. The van der Waals surface area contributed by atoms with Gasteiger partial charge < -0.3 is 15.7 Å². The smallest absolute Gasteiger partial charge is 0.303 e. The van der Waals surface area contributed by atoms with Gasteiger partial charge in [0.2, 0.25) is 5.91 Å². The highest BCUT2D eigenvalue weighted by atomic mass is 16.4. The molecular formula is C15H20N2O3. The third-order valence-corrected chi connectivity index (χ3v) is 3.69. The van der Waals surface area contributed by atoms with Crippen LogP contribution in [0.3, 0.4) is 0 Å². The molecule has 1 aromatic rings. The van der Waals surface area contributed by atoms with E-state index in [4.69, 9.17) is 5.11 Å². The molecule has 2 rings (SSSR count). The molecule has 1 heterocycles. The number of carboxylic acids is 1. The van der Waals surface area contributed by atoms with Crippen molar-refractivity contribution < 1.29 is 14.7 Å². The van der Waals surface area contributed by atoms with Crippen molar-refractivity contribution in [1.29, 1.82) is 0 Å². The monoisotopic (exact) mass is 276 g/mol. The van der Waals surface area contributed by atoms with E-state index in [1.165, 1.54) is 0 Å². The number of amides is 1. The fraction of sp³-hybridized carbons (Fsp3) is 0.467. The number of hydrogen-bond acceptors (Lipinski definition) is 3. The number of benzene rings is 1. The van der Waals surface area contributed by atoms with E-state index in [0.717, 1.165) is 17.7 Å². The van der Waals surface area contributed by atoms with Gasteiger partial charge in [-0.2, -0.15) is 0 Å². The molecule has 3 N–H and O–H groups in total. The van der Waals surface area contributed by atoms with Crippen molar-refractivity contribution >= 4 is 17.6 Å².